The number of hydrogen-bond donors (Lipinski definition) is 1. The molecule has 3 heterocycles. The second kappa shape index (κ2) is 4.34. The average molecular weight is 276 g/mol. The Labute approximate surface area is 115 Å². The van der Waals surface area contributed by atoms with Crippen LogP contribution < -0.4 is 4.90 Å². The average Bonchev–Trinajstić information content (AvgIpc) is 3.00. The lowest BCUT2D eigenvalue weighted by Gasteiger charge is -2.13. The minimum absolute atomic E-state index is 0.722. The first-order valence-electron chi connectivity index (χ1n) is 6.06. The van der Waals surface area contributed by atoms with Gasteiger partial charge in [0.2, 0.25) is 0 Å². The van der Waals surface area contributed by atoms with Crippen LogP contribution >= 0.6 is 11.3 Å². The number of aromatic nitrogens is 5. The lowest BCUT2D eigenvalue weighted by molar-refractivity contribution is 0.771. The van der Waals surface area contributed by atoms with Crippen LogP contribution in [0, 0.1) is 13.8 Å². The smallest absolute Gasteiger partial charge is 0.188 e. The van der Waals surface area contributed by atoms with E-state index >= 15 is 0 Å². The molecule has 0 amide bonds. The van der Waals surface area contributed by atoms with Gasteiger partial charge >= 0.3 is 0 Å². The summed E-state index contributed by atoms with van der Waals surface area (Å²) in [6.45, 7) is 4.74. The number of imidazole rings is 1. The molecule has 19 heavy (non-hydrogen) atoms. The van der Waals surface area contributed by atoms with E-state index in [0.29, 0.717) is 0 Å². The molecule has 0 radical (unpaired) electrons. The first-order valence-corrected chi connectivity index (χ1v) is 6.88. The van der Waals surface area contributed by atoms with E-state index in [-0.39, 0.29) is 0 Å². The van der Waals surface area contributed by atoms with E-state index in [2.05, 4.69) is 25.0 Å². The third-order valence-electron chi connectivity index (χ3n) is 3.00. The number of fused-ring (bicyclic) bond motifs is 1. The molecule has 0 atom stereocenters. The fraction of sp³-hybridized carbons (Fsp3) is 0.417. The number of aromatic amines is 1. The summed E-state index contributed by atoms with van der Waals surface area (Å²) in [6, 6.07) is 0. The van der Waals surface area contributed by atoms with Crippen LogP contribution in [0.2, 0.25) is 0 Å². The largest absolute Gasteiger partial charge is 0.345 e. The van der Waals surface area contributed by atoms with Gasteiger partial charge in [-0.15, -0.1) is 0 Å². The molecule has 0 aliphatic rings. The molecular weight excluding hydrogens is 260 g/mol. The molecule has 0 saturated heterocycles. The molecule has 6 nitrogen and oxygen atoms in total. The number of nitrogens with one attached hydrogen (secondary N) is 1. The number of anilines is 1. The van der Waals surface area contributed by atoms with Crippen molar-refractivity contribution in [1.82, 2.24) is 24.7 Å². The van der Waals surface area contributed by atoms with Gasteiger partial charge in [-0.2, -0.15) is 5.10 Å². The monoisotopic (exact) mass is 276 g/mol. The van der Waals surface area contributed by atoms with Crippen LogP contribution in [0.3, 0.4) is 0 Å². The molecule has 0 aliphatic carbocycles. The molecule has 0 saturated carbocycles. The third-order valence-corrected chi connectivity index (χ3v) is 4.27. The fourth-order valence-corrected chi connectivity index (χ4v) is 3.07. The van der Waals surface area contributed by atoms with Crippen molar-refractivity contribution in [3.63, 3.8) is 0 Å². The van der Waals surface area contributed by atoms with Gasteiger partial charge in [0.25, 0.3) is 0 Å². The molecule has 0 spiro atoms. The summed E-state index contributed by atoms with van der Waals surface area (Å²) < 4.78 is 2.98. The molecule has 0 fully saturated rings. The first kappa shape index (κ1) is 12.2. The normalized spacial score (nSPS) is 11.4. The van der Waals surface area contributed by atoms with Gasteiger partial charge in [0, 0.05) is 26.0 Å². The summed E-state index contributed by atoms with van der Waals surface area (Å²) in [4.78, 5) is 14.3. The number of thiazole rings is 1. The Hall–Kier alpha value is -1.89. The van der Waals surface area contributed by atoms with Gasteiger partial charge in [0.05, 0.1) is 16.9 Å². The topological polar surface area (TPSA) is 62.6 Å². The van der Waals surface area contributed by atoms with E-state index in [1.165, 1.54) is 0 Å². The number of H-pyrrole nitrogens is 1. The fourth-order valence-electron chi connectivity index (χ4n) is 2.08. The lowest BCUT2D eigenvalue weighted by atomic mass is 10.5. The Balaban J connectivity index is 1.89. The predicted octanol–water partition coefficient (Wildman–Crippen LogP) is 2.01. The SMILES string of the molecule is Cc1cnc(CN(C)c2nc3c(s2)c(C)nn3C)[nH]1. The van der Waals surface area contributed by atoms with E-state index in [0.717, 1.165) is 39.2 Å². The summed E-state index contributed by atoms with van der Waals surface area (Å²) >= 11 is 1.67. The van der Waals surface area contributed by atoms with Crippen LogP contribution in [0.4, 0.5) is 5.13 Å². The quantitative estimate of drug-likeness (QED) is 0.795. The van der Waals surface area contributed by atoms with Gasteiger partial charge in [0.15, 0.2) is 10.8 Å². The van der Waals surface area contributed by atoms with Crippen LogP contribution in [0.25, 0.3) is 10.3 Å². The van der Waals surface area contributed by atoms with E-state index in [4.69, 9.17) is 0 Å². The Morgan fingerprint density at radius 1 is 1.42 bits per heavy atom. The molecule has 3 aromatic rings. The zero-order chi connectivity index (χ0) is 13.6. The van der Waals surface area contributed by atoms with Crippen molar-refractivity contribution in [2.24, 2.45) is 7.05 Å². The Morgan fingerprint density at radius 3 is 2.84 bits per heavy atom. The van der Waals surface area contributed by atoms with Crippen molar-refractivity contribution in [2.75, 3.05) is 11.9 Å². The van der Waals surface area contributed by atoms with E-state index < -0.39 is 0 Å². The highest BCUT2D eigenvalue weighted by Gasteiger charge is 2.15. The minimum Gasteiger partial charge on any atom is -0.345 e. The van der Waals surface area contributed by atoms with Gasteiger partial charge in [-0.1, -0.05) is 11.3 Å². The second-order valence-electron chi connectivity index (χ2n) is 4.73. The van der Waals surface area contributed by atoms with Crippen LogP contribution in [-0.4, -0.2) is 31.8 Å². The van der Waals surface area contributed by atoms with Gasteiger partial charge in [-0.05, 0) is 13.8 Å². The Bertz CT molecular complexity index is 687. The van der Waals surface area contributed by atoms with Crippen molar-refractivity contribution in [3.05, 3.63) is 23.4 Å². The molecule has 3 aromatic heterocycles. The highest BCUT2D eigenvalue weighted by molar-refractivity contribution is 7.22. The maximum atomic E-state index is 4.64. The summed E-state index contributed by atoms with van der Waals surface area (Å²) in [5, 5.41) is 5.35. The van der Waals surface area contributed by atoms with E-state index in [1.54, 1.807) is 11.3 Å². The van der Waals surface area contributed by atoms with Crippen molar-refractivity contribution in [3.8, 4) is 0 Å². The van der Waals surface area contributed by atoms with Crippen molar-refractivity contribution >= 4 is 26.8 Å². The number of nitrogens with zero attached hydrogens (tertiary/aromatic N) is 5. The highest BCUT2D eigenvalue weighted by atomic mass is 32.1. The van der Waals surface area contributed by atoms with Gasteiger partial charge < -0.3 is 9.88 Å². The maximum absolute atomic E-state index is 4.64. The Morgan fingerprint density at radius 2 is 2.21 bits per heavy atom. The van der Waals surface area contributed by atoms with Crippen molar-refractivity contribution in [2.45, 2.75) is 20.4 Å². The van der Waals surface area contributed by atoms with Crippen molar-refractivity contribution < 1.29 is 0 Å². The number of rotatable bonds is 3. The number of aryl methyl sites for hydroxylation is 3. The lowest BCUT2D eigenvalue weighted by Crippen LogP contribution is -2.17. The van der Waals surface area contributed by atoms with Crippen LogP contribution in [0.5, 0.6) is 0 Å². The van der Waals surface area contributed by atoms with Gasteiger partial charge in [-0.25, -0.2) is 14.6 Å². The number of hydrogen-bond acceptors (Lipinski definition) is 5. The molecule has 0 unspecified atom stereocenters. The summed E-state index contributed by atoms with van der Waals surface area (Å²) in [5.41, 5.74) is 3.05. The van der Waals surface area contributed by atoms with Crippen molar-refractivity contribution in [1.29, 1.82) is 0 Å². The zero-order valence-electron chi connectivity index (χ0n) is 11.4. The summed E-state index contributed by atoms with van der Waals surface area (Å²) in [7, 11) is 3.95. The molecule has 0 bridgehead atoms. The van der Waals surface area contributed by atoms with E-state index in [1.807, 2.05) is 38.8 Å². The molecule has 0 aromatic carbocycles. The zero-order valence-corrected chi connectivity index (χ0v) is 12.2. The summed E-state index contributed by atoms with van der Waals surface area (Å²) in [6.07, 6.45) is 1.84. The minimum atomic E-state index is 0.722. The van der Waals surface area contributed by atoms with E-state index in [9.17, 15) is 0 Å². The molecule has 0 aliphatic heterocycles. The van der Waals surface area contributed by atoms with Gasteiger partial charge in [0.1, 0.15) is 5.82 Å². The van der Waals surface area contributed by atoms with Gasteiger partial charge in [-0.3, -0.25) is 0 Å². The molecule has 7 heteroatoms. The van der Waals surface area contributed by atoms with Crippen LogP contribution in [-0.2, 0) is 13.6 Å². The maximum Gasteiger partial charge on any atom is 0.188 e. The van der Waals surface area contributed by atoms with Crippen LogP contribution in [0.15, 0.2) is 6.20 Å². The highest BCUT2D eigenvalue weighted by Crippen LogP contribution is 2.30. The van der Waals surface area contributed by atoms with Crippen LogP contribution in [0.1, 0.15) is 17.2 Å². The standard InChI is InChI=1S/C12H16N6S/c1-7-5-13-9(14-7)6-17(3)12-15-11-10(19-12)8(2)16-18(11)4/h5H,6H2,1-4H3,(H,13,14). The third kappa shape index (κ3) is 2.10. The summed E-state index contributed by atoms with van der Waals surface area (Å²) in [5.74, 6) is 0.953. The molecule has 3 rings (SSSR count). The predicted molar refractivity (Wildman–Crippen MR) is 76.6 cm³/mol. The Kier molecular flexibility index (Phi) is 2.78. The first-order chi connectivity index (χ1) is 9.04. The molecule has 100 valence electrons. The second-order valence-corrected chi connectivity index (χ2v) is 5.70. The molecule has 1 N–H and O–H groups in total. The molecular formula is C12H16N6S.